The fourth-order valence-electron chi connectivity index (χ4n) is 1.03. The number of rotatable bonds is 3. The lowest BCUT2D eigenvalue weighted by Gasteiger charge is -2.04. The molecular weight excluding hydrogens is 253 g/mol. The molecule has 0 aromatic heterocycles. The molecule has 5 heteroatoms. The van der Waals surface area contributed by atoms with Gasteiger partial charge in [-0.3, -0.25) is 4.79 Å². The van der Waals surface area contributed by atoms with Crippen molar-refractivity contribution in [2.45, 2.75) is 6.42 Å². The summed E-state index contributed by atoms with van der Waals surface area (Å²) in [5.74, 6) is -1.18. The van der Waals surface area contributed by atoms with E-state index in [0.717, 1.165) is 12.1 Å². The van der Waals surface area contributed by atoms with Crippen molar-refractivity contribution in [1.29, 1.82) is 0 Å². The van der Waals surface area contributed by atoms with Crippen LogP contribution in [0.5, 0.6) is 5.75 Å². The third-order valence-corrected chi connectivity index (χ3v) is 2.32. The van der Waals surface area contributed by atoms with Crippen LogP contribution in [-0.2, 0) is 0 Å². The van der Waals surface area contributed by atoms with Crippen LogP contribution in [0.3, 0.4) is 0 Å². The molecule has 0 saturated heterocycles. The molecule has 0 bridgehead atoms. The van der Waals surface area contributed by atoms with Crippen molar-refractivity contribution in [2.75, 3.05) is 6.54 Å². The highest BCUT2D eigenvalue weighted by atomic mass is 79.9. The van der Waals surface area contributed by atoms with Crippen LogP contribution in [0, 0.1) is 5.82 Å². The standard InChI is InChI=1S/C9H9BrFNO2/c10-6-4-9(14)5(3-7(6)11)8(13)1-2-12/h3-4,14H,1-2,12H2. The molecular formula is C9H9BrFNO2. The predicted octanol–water partition coefficient (Wildman–Crippen LogP) is 1.83. The van der Waals surface area contributed by atoms with Crippen molar-refractivity contribution < 1.29 is 14.3 Å². The third kappa shape index (κ3) is 2.30. The number of phenols is 1. The highest BCUT2D eigenvalue weighted by Gasteiger charge is 2.13. The Morgan fingerprint density at radius 2 is 2.21 bits per heavy atom. The second-order valence-corrected chi connectivity index (χ2v) is 3.60. The first-order chi connectivity index (χ1) is 6.56. The Hall–Kier alpha value is -0.940. The van der Waals surface area contributed by atoms with Crippen LogP contribution in [0.25, 0.3) is 0 Å². The number of ketones is 1. The smallest absolute Gasteiger partial charge is 0.167 e. The lowest BCUT2D eigenvalue weighted by molar-refractivity contribution is 0.0982. The van der Waals surface area contributed by atoms with Gasteiger partial charge in [0.25, 0.3) is 0 Å². The molecule has 0 saturated carbocycles. The van der Waals surface area contributed by atoms with Gasteiger partial charge in [-0.2, -0.15) is 0 Å². The van der Waals surface area contributed by atoms with Crippen molar-refractivity contribution in [3.63, 3.8) is 0 Å². The maximum atomic E-state index is 13.0. The quantitative estimate of drug-likeness (QED) is 0.817. The van der Waals surface area contributed by atoms with Gasteiger partial charge in [0.15, 0.2) is 5.78 Å². The van der Waals surface area contributed by atoms with Crippen LogP contribution < -0.4 is 5.73 Å². The number of halogens is 2. The number of hydrogen-bond acceptors (Lipinski definition) is 3. The van der Waals surface area contributed by atoms with E-state index in [9.17, 15) is 14.3 Å². The average molecular weight is 262 g/mol. The Morgan fingerprint density at radius 1 is 1.57 bits per heavy atom. The monoisotopic (exact) mass is 261 g/mol. The van der Waals surface area contributed by atoms with Crippen LogP contribution in [0.15, 0.2) is 16.6 Å². The topological polar surface area (TPSA) is 63.3 Å². The van der Waals surface area contributed by atoms with Crippen molar-refractivity contribution in [3.05, 3.63) is 28.0 Å². The maximum absolute atomic E-state index is 13.0. The van der Waals surface area contributed by atoms with Gasteiger partial charge in [-0.15, -0.1) is 0 Å². The van der Waals surface area contributed by atoms with Gasteiger partial charge in [0.2, 0.25) is 0 Å². The first-order valence-electron chi connectivity index (χ1n) is 3.97. The van der Waals surface area contributed by atoms with Crippen molar-refractivity contribution in [2.24, 2.45) is 5.73 Å². The molecule has 0 fully saturated rings. The Labute approximate surface area is 88.9 Å². The molecule has 3 nitrogen and oxygen atoms in total. The fourth-order valence-corrected chi connectivity index (χ4v) is 1.36. The van der Waals surface area contributed by atoms with E-state index in [1.54, 1.807) is 0 Å². The number of phenolic OH excluding ortho intramolecular Hbond substituents is 1. The molecule has 76 valence electrons. The number of nitrogens with two attached hydrogens (primary N) is 1. The summed E-state index contributed by atoms with van der Waals surface area (Å²) in [5.41, 5.74) is 5.15. The third-order valence-electron chi connectivity index (χ3n) is 1.71. The van der Waals surface area contributed by atoms with Gasteiger partial charge in [-0.25, -0.2) is 4.39 Å². The van der Waals surface area contributed by atoms with Crippen molar-refractivity contribution in [1.82, 2.24) is 0 Å². The summed E-state index contributed by atoms with van der Waals surface area (Å²) >= 11 is 2.90. The van der Waals surface area contributed by atoms with E-state index >= 15 is 0 Å². The molecule has 0 spiro atoms. The molecule has 0 heterocycles. The number of aromatic hydroxyl groups is 1. The molecule has 0 radical (unpaired) electrons. The SMILES string of the molecule is NCCC(=O)c1cc(F)c(Br)cc1O. The molecule has 0 atom stereocenters. The summed E-state index contributed by atoms with van der Waals surface area (Å²) < 4.78 is 13.1. The molecule has 1 rings (SSSR count). The second-order valence-electron chi connectivity index (χ2n) is 2.75. The number of carbonyl (C=O) groups excluding carboxylic acids is 1. The summed E-state index contributed by atoms with van der Waals surface area (Å²) in [6.45, 7) is 0.177. The molecule has 1 aromatic rings. The van der Waals surface area contributed by atoms with Crippen molar-refractivity contribution >= 4 is 21.7 Å². The normalized spacial score (nSPS) is 10.2. The maximum Gasteiger partial charge on any atom is 0.167 e. The van der Waals surface area contributed by atoms with E-state index in [2.05, 4.69) is 15.9 Å². The molecule has 0 amide bonds. The van der Waals surface area contributed by atoms with Crippen LogP contribution in [-0.4, -0.2) is 17.4 Å². The van der Waals surface area contributed by atoms with E-state index in [4.69, 9.17) is 5.73 Å². The van der Waals surface area contributed by atoms with Crippen LogP contribution >= 0.6 is 15.9 Å². The Balaban J connectivity index is 3.09. The van der Waals surface area contributed by atoms with Gasteiger partial charge in [0, 0.05) is 6.42 Å². The zero-order chi connectivity index (χ0) is 10.7. The van der Waals surface area contributed by atoms with Gasteiger partial charge < -0.3 is 10.8 Å². The van der Waals surface area contributed by atoms with E-state index in [1.165, 1.54) is 0 Å². The van der Waals surface area contributed by atoms with Gasteiger partial charge in [-0.1, -0.05) is 0 Å². The number of benzene rings is 1. The minimum Gasteiger partial charge on any atom is -0.507 e. The zero-order valence-corrected chi connectivity index (χ0v) is 8.84. The van der Waals surface area contributed by atoms with Gasteiger partial charge in [-0.05, 0) is 34.6 Å². The molecule has 14 heavy (non-hydrogen) atoms. The molecule has 1 aromatic carbocycles. The largest absolute Gasteiger partial charge is 0.507 e. The first-order valence-corrected chi connectivity index (χ1v) is 4.77. The summed E-state index contributed by atoms with van der Waals surface area (Å²) in [6.07, 6.45) is 0.0919. The summed E-state index contributed by atoms with van der Waals surface area (Å²) in [5, 5.41) is 9.35. The van der Waals surface area contributed by atoms with E-state index in [0.29, 0.717) is 0 Å². The predicted molar refractivity (Wildman–Crippen MR) is 53.8 cm³/mol. The zero-order valence-electron chi connectivity index (χ0n) is 7.26. The van der Waals surface area contributed by atoms with Gasteiger partial charge >= 0.3 is 0 Å². The van der Waals surface area contributed by atoms with Crippen LogP contribution in [0.4, 0.5) is 4.39 Å². The number of Topliss-reactive ketones (excluding diaryl/α,β-unsaturated/α-hetero) is 1. The number of hydrogen-bond donors (Lipinski definition) is 2. The Kier molecular flexibility index (Phi) is 3.60. The fraction of sp³-hybridized carbons (Fsp3) is 0.222. The van der Waals surface area contributed by atoms with Crippen molar-refractivity contribution in [3.8, 4) is 5.75 Å². The summed E-state index contributed by atoms with van der Waals surface area (Å²) in [4.78, 5) is 11.3. The molecule has 0 unspecified atom stereocenters. The average Bonchev–Trinajstić information content (AvgIpc) is 2.11. The molecule has 0 aliphatic carbocycles. The lowest BCUT2D eigenvalue weighted by Crippen LogP contribution is -2.08. The highest BCUT2D eigenvalue weighted by Crippen LogP contribution is 2.26. The van der Waals surface area contributed by atoms with Gasteiger partial charge in [0.1, 0.15) is 11.6 Å². The van der Waals surface area contributed by atoms with E-state index in [1.807, 2.05) is 0 Å². The minimum absolute atomic E-state index is 0.0313. The lowest BCUT2D eigenvalue weighted by atomic mass is 10.1. The van der Waals surface area contributed by atoms with E-state index < -0.39 is 5.82 Å². The van der Waals surface area contributed by atoms with Crippen LogP contribution in [0.1, 0.15) is 16.8 Å². The molecule has 0 aliphatic rings. The minimum atomic E-state index is -0.580. The highest BCUT2D eigenvalue weighted by molar-refractivity contribution is 9.10. The summed E-state index contributed by atoms with van der Waals surface area (Å²) in [7, 11) is 0. The van der Waals surface area contributed by atoms with Crippen LogP contribution in [0.2, 0.25) is 0 Å². The van der Waals surface area contributed by atoms with Gasteiger partial charge in [0.05, 0.1) is 10.0 Å². The Bertz CT molecular complexity index is 368. The van der Waals surface area contributed by atoms with E-state index in [-0.39, 0.29) is 34.5 Å². The molecule has 3 N–H and O–H groups in total. The first kappa shape index (κ1) is 11.1. The summed E-state index contributed by atoms with van der Waals surface area (Å²) in [6, 6.07) is 2.15. The molecule has 0 aliphatic heterocycles. The number of carbonyl (C=O) groups is 1. The Morgan fingerprint density at radius 3 is 2.79 bits per heavy atom. The second kappa shape index (κ2) is 4.52.